The zero-order valence-corrected chi connectivity index (χ0v) is 17.2. The number of benzene rings is 6. The molecule has 6 aromatic carbocycles. The van der Waals surface area contributed by atoms with E-state index in [1.165, 1.54) is 65.3 Å². The van der Waals surface area contributed by atoms with Crippen LogP contribution >= 0.6 is 0 Å². The Bertz CT molecular complexity index is 1600. The molecule has 0 nitrogen and oxygen atoms in total. The highest BCUT2D eigenvalue weighted by Gasteiger charge is 2.12. The minimum atomic E-state index is 1.29. The molecule has 0 fully saturated rings. The van der Waals surface area contributed by atoms with Crippen molar-refractivity contribution in [2.24, 2.45) is 0 Å². The number of aryl methyl sites for hydroxylation is 2. The van der Waals surface area contributed by atoms with E-state index in [9.17, 15) is 0 Å². The Morgan fingerprint density at radius 3 is 1.90 bits per heavy atom. The zero-order chi connectivity index (χ0) is 20.2. The Hall–Kier alpha value is -3.64. The minimum absolute atomic E-state index is 1.29. The molecule has 0 heterocycles. The zero-order valence-electron chi connectivity index (χ0n) is 17.2. The molecule has 0 N–H and O–H groups in total. The van der Waals surface area contributed by atoms with E-state index >= 15 is 0 Å². The van der Waals surface area contributed by atoms with Crippen molar-refractivity contribution in [3.05, 3.63) is 108 Å². The third-order valence-electron chi connectivity index (χ3n) is 6.40. The fourth-order valence-corrected chi connectivity index (χ4v) is 4.90. The lowest BCUT2D eigenvalue weighted by atomic mass is 9.88. The molecule has 0 aliphatic rings. The summed E-state index contributed by atoms with van der Waals surface area (Å²) in [5.74, 6) is 0. The van der Waals surface area contributed by atoms with Gasteiger partial charge in [0, 0.05) is 0 Å². The molecule has 0 radical (unpaired) electrons. The summed E-state index contributed by atoms with van der Waals surface area (Å²) in [4.78, 5) is 0. The van der Waals surface area contributed by atoms with Crippen molar-refractivity contribution in [3.8, 4) is 11.1 Å². The standard InChI is InChI=1S/C30H22/c1-19-11-14-26-25-10-6-4-8-22(25)17-30(29(26)15-19)27-18-28-23(16-20(27)2)13-12-21-7-3-5-9-24(21)28/h3-18H,1-2H3. The van der Waals surface area contributed by atoms with Crippen LogP contribution in [0.3, 0.4) is 0 Å². The van der Waals surface area contributed by atoms with E-state index in [1.807, 2.05) is 0 Å². The Labute approximate surface area is 176 Å². The molecule has 0 aromatic heterocycles. The highest BCUT2D eigenvalue weighted by Crippen LogP contribution is 2.39. The van der Waals surface area contributed by atoms with Crippen LogP contribution in [-0.4, -0.2) is 0 Å². The summed E-state index contributed by atoms with van der Waals surface area (Å²) in [6.07, 6.45) is 0. The number of rotatable bonds is 1. The molecule has 0 saturated carbocycles. The fraction of sp³-hybridized carbons (Fsp3) is 0.0667. The van der Waals surface area contributed by atoms with Gasteiger partial charge in [0.1, 0.15) is 0 Å². The van der Waals surface area contributed by atoms with E-state index in [0.717, 1.165) is 0 Å². The first-order chi connectivity index (χ1) is 14.7. The van der Waals surface area contributed by atoms with Crippen molar-refractivity contribution >= 4 is 43.1 Å². The molecule has 0 aliphatic heterocycles. The lowest BCUT2D eigenvalue weighted by Gasteiger charge is -2.15. The summed E-state index contributed by atoms with van der Waals surface area (Å²) in [7, 11) is 0. The maximum Gasteiger partial charge on any atom is -0.00960 e. The van der Waals surface area contributed by atoms with Crippen LogP contribution in [-0.2, 0) is 0 Å². The van der Waals surface area contributed by atoms with E-state index in [0.29, 0.717) is 0 Å². The maximum atomic E-state index is 2.40. The molecule has 0 bridgehead atoms. The quantitative estimate of drug-likeness (QED) is 0.250. The van der Waals surface area contributed by atoms with Crippen LogP contribution < -0.4 is 0 Å². The molecule has 142 valence electrons. The Balaban J connectivity index is 1.77. The number of hydrogen-bond donors (Lipinski definition) is 0. The molecule has 0 atom stereocenters. The summed E-state index contributed by atoms with van der Waals surface area (Å²) < 4.78 is 0. The summed E-state index contributed by atoms with van der Waals surface area (Å²) >= 11 is 0. The third kappa shape index (κ3) is 2.54. The van der Waals surface area contributed by atoms with Gasteiger partial charge in [0.05, 0.1) is 0 Å². The summed E-state index contributed by atoms with van der Waals surface area (Å²) in [5.41, 5.74) is 5.25. The third-order valence-corrected chi connectivity index (χ3v) is 6.40. The van der Waals surface area contributed by atoms with Crippen molar-refractivity contribution < 1.29 is 0 Å². The molecular formula is C30H22. The van der Waals surface area contributed by atoms with Crippen LogP contribution in [0, 0.1) is 13.8 Å². The van der Waals surface area contributed by atoms with Gasteiger partial charge in [-0.05, 0) is 85.8 Å². The normalized spacial score (nSPS) is 11.7. The van der Waals surface area contributed by atoms with Gasteiger partial charge >= 0.3 is 0 Å². The van der Waals surface area contributed by atoms with Gasteiger partial charge in [-0.25, -0.2) is 0 Å². The van der Waals surface area contributed by atoms with Crippen molar-refractivity contribution in [2.75, 3.05) is 0 Å². The Morgan fingerprint density at radius 1 is 0.400 bits per heavy atom. The van der Waals surface area contributed by atoms with Crippen molar-refractivity contribution in [1.29, 1.82) is 0 Å². The van der Waals surface area contributed by atoms with Gasteiger partial charge < -0.3 is 0 Å². The van der Waals surface area contributed by atoms with Gasteiger partial charge in [-0.2, -0.15) is 0 Å². The highest BCUT2D eigenvalue weighted by atomic mass is 14.2. The van der Waals surface area contributed by atoms with Crippen LogP contribution in [0.1, 0.15) is 11.1 Å². The van der Waals surface area contributed by atoms with Crippen molar-refractivity contribution in [1.82, 2.24) is 0 Å². The van der Waals surface area contributed by atoms with Gasteiger partial charge in [0.15, 0.2) is 0 Å². The fourth-order valence-electron chi connectivity index (χ4n) is 4.90. The maximum absolute atomic E-state index is 2.40. The summed E-state index contributed by atoms with van der Waals surface area (Å²) in [6.45, 7) is 4.42. The molecular weight excluding hydrogens is 360 g/mol. The van der Waals surface area contributed by atoms with E-state index in [1.54, 1.807) is 0 Å². The van der Waals surface area contributed by atoms with Crippen LogP contribution in [0.2, 0.25) is 0 Å². The Morgan fingerprint density at radius 2 is 1.07 bits per heavy atom. The lowest BCUT2D eigenvalue weighted by Crippen LogP contribution is -1.90. The number of fused-ring (bicyclic) bond motifs is 6. The second-order valence-electron chi connectivity index (χ2n) is 8.37. The first kappa shape index (κ1) is 17.2. The topological polar surface area (TPSA) is 0 Å². The van der Waals surface area contributed by atoms with Crippen LogP contribution in [0.25, 0.3) is 54.2 Å². The SMILES string of the molecule is Cc1ccc2c(c1)c(-c1cc3c(ccc4ccccc43)cc1C)cc1ccccc12. The highest BCUT2D eigenvalue weighted by molar-refractivity contribution is 6.16. The van der Waals surface area contributed by atoms with Gasteiger partial charge in [-0.15, -0.1) is 0 Å². The second kappa shape index (κ2) is 6.43. The molecule has 0 saturated heterocycles. The molecule has 0 unspecified atom stereocenters. The number of hydrogen-bond acceptors (Lipinski definition) is 0. The first-order valence-electron chi connectivity index (χ1n) is 10.5. The van der Waals surface area contributed by atoms with E-state index in [-0.39, 0.29) is 0 Å². The first-order valence-corrected chi connectivity index (χ1v) is 10.5. The van der Waals surface area contributed by atoms with Crippen LogP contribution in [0.4, 0.5) is 0 Å². The lowest BCUT2D eigenvalue weighted by molar-refractivity contribution is 1.49. The molecule has 6 rings (SSSR count). The second-order valence-corrected chi connectivity index (χ2v) is 8.37. The van der Waals surface area contributed by atoms with E-state index < -0.39 is 0 Å². The molecule has 0 spiro atoms. The molecule has 0 heteroatoms. The molecule has 0 aliphatic carbocycles. The van der Waals surface area contributed by atoms with Crippen LogP contribution in [0.5, 0.6) is 0 Å². The Kier molecular flexibility index (Phi) is 3.70. The van der Waals surface area contributed by atoms with E-state index in [2.05, 4.69) is 111 Å². The molecule has 0 amide bonds. The minimum Gasteiger partial charge on any atom is -0.0616 e. The van der Waals surface area contributed by atoms with Gasteiger partial charge in [0.2, 0.25) is 0 Å². The predicted molar refractivity (Wildman–Crippen MR) is 131 cm³/mol. The van der Waals surface area contributed by atoms with Gasteiger partial charge in [-0.3, -0.25) is 0 Å². The molecule has 6 aromatic rings. The average molecular weight is 383 g/mol. The summed E-state index contributed by atoms with van der Waals surface area (Å²) in [5, 5.41) is 10.5. The van der Waals surface area contributed by atoms with Crippen LogP contribution in [0.15, 0.2) is 97.1 Å². The average Bonchev–Trinajstić information content (AvgIpc) is 2.78. The smallest absolute Gasteiger partial charge is 0.00960 e. The van der Waals surface area contributed by atoms with Crippen molar-refractivity contribution in [3.63, 3.8) is 0 Å². The van der Waals surface area contributed by atoms with E-state index in [4.69, 9.17) is 0 Å². The van der Waals surface area contributed by atoms with Crippen molar-refractivity contribution in [2.45, 2.75) is 13.8 Å². The largest absolute Gasteiger partial charge is 0.0616 e. The predicted octanol–water partition coefficient (Wildman–Crippen LogP) is 8.58. The molecule has 30 heavy (non-hydrogen) atoms. The van der Waals surface area contributed by atoms with Gasteiger partial charge in [0.25, 0.3) is 0 Å². The monoisotopic (exact) mass is 382 g/mol. The van der Waals surface area contributed by atoms with Gasteiger partial charge in [-0.1, -0.05) is 90.5 Å². The summed E-state index contributed by atoms with van der Waals surface area (Å²) in [6, 6.07) is 35.8.